The van der Waals surface area contributed by atoms with E-state index in [0.29, 0.717) is 11.9 Å². The van der Waals surface area contributed by atoms with Gasteiger partial charge in [-0.05, 0) is 57.4 Å². The maximum atomic E-state index is 13.0. The summed E-state index contributed by atoms with van der Waals surface area (Å²) in [5.41, 5.74) is 0. The molecule has 0 aromatic heterocycles. The first kappa shape index (κ1) is 16.4. The summed E-state index contributed by atoms with van der Waals surface area (Å²) in [7, 11) is 0. The quantitative estimate of drug-likeness (QED) is 0.746. The number of amides is 1. The fraction of sp³-hybridized carbons (Fsp3) is 0.833. The van der Waals surface area contributed by atoms with Crippen molar-refractivity contribution >= 4 is 17.7 Å². The van der Waals surface area contributed by atoms with Gasteiger partial charge < -0.3 is 9.80 Å². The molecule has 22 heavy (non-hydrogen) atoms. The molecule has 2 saturated heterocycles. The number of hydrogen-bond acceptors (Lipinski definition) is 3. The molecule has 0 spiro atoms. The van der Waals surface area contributed by atoms with Gasteiger partial charge in [-0.25, -0.2) is 0 Å². The van der Waals surface area contributed by atoms with Crippen molar-refractivity contribution in [3.63, 3.8) is 0 Å². The Hall–Kier alpha value is -0.480. The summed E-state index contributed by atoms with van der Waals surface area (Å²) in [6.45, 7) is 4.54. The minimum atomic E-state index is 0.247. The third-order valence-corrected chi connectivity index (χ3v) is 6.46. The Balaban J connectivity index is 1.64. The van der Waals surface area contributed by atoms with Gasteiger partial charge >= 0.3 is 0 Å². The van der Waals surface area contributed by atoms with Gasteiger partial charge in [0.1, 0.15) is 0 Å². The number of carbonyl (C=O) groups excluding carboxylic acids is 1. The van der Waals surface area contributed by atoms with Gasteiger partial charge in [-0.1, -0.05) is 18.6 Å². The molecule has 0 aromatic rings. The predicted octanol–water partition coefficient (Wildman–Crippen LogP) is 3.16. The van der Waals surface area contributed by atoms with Gasteiger partial charge in [0.05, 0.1) is 6.04 Å². The van der Waals surface area contributed by atoms with E-state index >= 15 is 0 Å². The van der Waals surface area contributed by atoms with E-state index < -0.39 is 0 Å². The fourth-order valence-corrected chi connectivity index (χ4v) is 5.02. The average molecular weight is 323 g/mol. The maximum absolute atomic E-state index is 13.0. The monoisotopic (exact) mass is 322 g/mol. The Morgan fingerprint density at radius 1 is 1.09 bits per heavy atom. The lowest BCUT2D eigenvalue weighted by molar-refractivity contribution is -0.138. The van der Waals surface area contributed by atoms with Crippen LogP contribution in [0.4, 0.5) is 0 Å². The molecule has 0 N–H and O–H groups in total. The standard InChI is InChI=1S/C18H30N2OS/c21-18(16-8-3-1-4-9-16)20-12-7-13-22-15-17(20)14-19-10-5-2-6-11-19/h1,3,16-17H,2,4-15H2. The van der Waals surface area contributed by atoms with Crippen LogP contribution in [-0.4, -0.2) is 59.4 Å². The molecule has 1 aliphatic carbocycles. The molecule has 0 bridgehead atoms. The van der Waals surface area contributed by atoms with E-state index in [2.05, 4.69) is 22.0 Å². The lowest BCUT2D eigenvalue weighted by atomic mass is 9.92. The van der Waals surface area contributed by atoms with Gasteiger partial charge in [0.2, 0.25) is 5.91 Å². The third kappa shape index (κ3) is 4.29. The van der Waals surface area contributed by atoms with Crippen LogP contribution >= 0.6 is 11.8 Å². The minimum Gasteiger partial charge on any atom is -0.337 e. The molecule has 2 atom stereocenters. The van der Waals surface area contributed by atoms with Crippen LogP contribution in [0.3, 0.4) is 0 Å². The van der Waals surface area contributed by atoms with Gasteiger partial charge in [0.15, 0.2) is 0 Å². The number of likely N-dealkylation sites (tertiary alicyclic amines) is 1. The number of thioether (sulfide) groups is 1. The normalized spacial score (nSPS) is 31.0. The summed E-state index contributed by atoms with van der Waals surface area (Å²) in [6, 6.07) is 0.434. The van der Waals surface area contributed by atoms with Crippen molar-refractivity contribution in [1.29, 1.82) is 0 Å². The van der Waals surface area contributed by atoms with Gasteiger partial charge in [-0.15, -0.1) is 0 Å². The van der Waals surface area contributed by atoms with Crippen molar-refractivity contribution in [1.82, 2.24) is 9.80 Å². The number of nitrogens with zero attached hydrogens (tertiary/aromatic N) is 2. The Labute approximate surface area is 139 Å². The Morgan fingerprint density at radius 3 is 2.73 bits per heavy atom. The van der Waals surface area contributed by atoms with Crippen molar-refractivity contribution < 1.29 is 4.79 Å². The van der Waals surface area contributed by atoms with E-state index in [1.807, 2.05) is 11.8 Å². The van der Waals surface area contributed by atoms with Crippen molar-refractivity contribution in [3.05, 3.63) is 12.2 Å². The zero-order chi connectivity index (χ0) is 15.2. The van der Waals surface area contributed by atoms with Gasteiger partial charge in [0.25, 0.3) is 0 Å². The van der Waals surface area contributed by atoms with E-state index in [9.17, 15) is 4.79 Å². The SMILES string of the molecule is O=C(C1CC=CCC1)N1CCCSCC1CN1CCCCC1. The van der Waals surface area contributed by atoms with E-state index in [-0.39, 0.29) is 5.92 Å². The van der Waals surface area contributed by atoms with Crippen LogP contribution in [-0.2, 0) is 4.79 Å². The van der Waals surface area contributed by atoms with Crippen molar-refractivity contribution in [2.24, 2.45) is 5.92 Å². The first-order valence-corrected chi connectivity index (χ1v) is 10.3. The highest BCUT2D eigenvalue weighted by molar-refractivity contribution is 7.99. The van der Waals surface area contributed by atoms with Crippen LogP contribution in [0.2, 0.25) is 0 Å². The molecule has 3 nitrogen and oxygen atoms in total. The molecule has 0 radical (unpaired) electrons. The van der Waals surface area contributed by atoms with E-state index in [0.717, 1.165) is 44.5 Å². The van der Waals surface area contributed by atoms with Crippen molar-refractivity contribution in [2.75, 3.05) is 37.7 Å². The highest BCUT2D eigenvalue weighted by atomic mass is 32.2. The largest absolute Gasteiger partial charge is 0.337 e. The molecule has 2 fully saturated rings. The molecule has 4 heteroatoms. The number of allylic oxidation sites excluding steroid dienone is 2. The Kier molecular flexibility index (Phi) is 6.25. The highest BCUT2D eigenvalue weighted by Gasteiger charge is 2.31. The topological polar surface area (TPSA) is 23.6 Å². The first-order valence-electron chi connectivity index (χ1n) is 9.10. The zero-order valence-corrected chi connectivity index (χ0v) is 14.5. The number of piperidine rings is 1. The molecule has 2 unspecified atom stereocenters. The highest BCUT2D eigenvalue weighted by Crippen LogP contribution is 2.25. The second-order valence-electron chi connectivity index (χ2n) is 6.96. The second-order valence-corrected chi connectivity index (χ2v) is 8.11. The molecule has 3 aliphatic rings. The summed E-state index contributed by atoms with van der Waals surface area (Å²) >= 11 is 2.05. The van der Waals surface area contributed by atoms with E-state index in [1.54, 1.807) is 0 Å². The molecule has 2 aliphatic heterocycles. The predicted molar refractivity (Wildman–Crippen MR) is 94.2 cm³/mol. The number of hydrogen-bond donors (Lipinski definition) is 0. The molecule has 2 heterocycles. The van der Waals surface area contributed by atoms with E-state index in [4.69, 9.17) is 0 Å². The lowest BCUT2D eigenvalue weighted by Crippen LogP contribution is -2.50. The van der Waals surface area contributed by atoms with Crippen molar-refractivity contribution in [2.45, 2.75) is 51.0 Å². The van der Waals surface area contributed by atoms with Crippen LogP contribution in [0.5, 0.6) is 0 Å². The van der Waals surface area contributed by atoms with Crippen LogP contribution in [0.15, 0.2) is 12.2 Å². The summed E-state index contributed by atoms with van der Waals surface area (Å²) in [5.74, 6) is 3.03. The molecule has 0 aromatic carbocycles. The lowest BCUT2D eigenvalue weighted by Gasteiger charge is -2.37. The average Bonchev–Trinajstić information content (AvgIpc) is 2.81. The second kappa shape index (κ2) is 8.39. The maximum Gasteiger partial charge on any atom is 0.226 e. The Bertz CT molecular complexity index is 393. The Morgan fingerprint density at radius 2 is 1.95 bits per heavy atom. The van der Waals surface area contributed by atoms with Gasteiger partial charge in [0, 0.05) is 24.8 Å². The summed E-state index contributed by atoms with van der Waals surface area (Å²) < 4.78 is 0. The minimum absolute atomic E-state index is 0.247. The molecule has 3 rings (SSSR count). The van der Waals surface area contributed by atoms with Crippen LogP contribution in [0.25, 0.3) is 0 Å². The molecular weight excluding hydrogens is 292 g/mol. The van der Waals surface area contributed by atoms with Crippen LogP contribution in [0.1, 0.15) is 44.9 Å². The molecule has 1 amide bonds. The van der Waals surface area contributed by atoms with Crippen LogP contribution < -0.4 is 0 Å². The summed E-state index contributed by atoms with van der Waals surface area (Å²) in [5, 5.41) is 0. The van der Waals surface area contributed by atoms with Gasteiger partial charge in [-0.3, -0.25) is 4.79 Å². The van der Waals surface area contributed by atoms with Crippen molar-refractivity contribution in [3.8, 4) is 0 Å². The fourth-order valence-electron chi connectivity index (χ4n) is 3.96. The molecule has 124 valence electrons. The zero-order valence-electron chi connectivity index (χ0n) is 13.7. The summed E-state index contributed by atoms with van der Waals surface area (Å²) in [4.78, 5) is 17.9. The molecule has 0 saturated carbocycles. The van der Waals surface area contributed by atoms with Crippen LogP contribution in [0, 0.1) is 5.92 Å². The number of carbonyl (C=O) groups is 1. The smallest absolute Gasteiger partial charge is 0.226 e. The third-order valence-electron chi connectivity index (χ3n) is 5.26. The first-order chi connectivity index (χ1) is 10.8. The number of rotatable bonds is 3. The molecular formula is C18H30N2OS. The van der Waals surface area contributed by atoms with E-state index in [1.165, 1.54) is 38.1 Å². The van der Waals surface area contributed by atoms with Gasteiger partial charge in [-0.2, -0.15) is 11.8 Å². The summed E-state index contributed by atoms with van der Waals surface area (Å²) in [6.07, 6.45) is 12.7.